The van der Waals surface area contributed by atoms with Crippen LogP contribution in [0.15, 0.2) is 43.0 Å². The SMILES string of the molecule is OCCCOC1CCN(Cc2ccc(-n3ccnc3)cc2)CC1. The van der Waals surface area contributed by atoms with E-state index in [-0.39, 0.29) is 6.61 Å². The average Bonchev–Trinajstić information content (AvgIpc) is 3.12. The Kier molecular flexibility index (Phi) is 5.80. The Morgan fingerprint density at radius 1 is 1.17 bits per heavy atom. The minimum Gasteiger partial charge on any atom is -0.396 e. The van der Waals surface area contributed by atoms with Crippen molar-refractivity contribution in [2.75, 3.05) is 26.3 Å². The van der Waals surface area contributed by atoms with E-state index >= 15 is 0 Å². The molecule has 1 saturated heterocycles. The third-order valence-corrected chi connectivity index (χ3v) is 4.34. The zero-order valence-electron chi connectivity index (χ0n) is 13.5. The van der Waals surface area contributed by atoms with Gasteiger partial charge in [-0.25, -0.2) is 4.98 Å². The van der Waals surface area contributed by atoms with Crippen LogP contribution in [0.25, 0.3) is 5.69 Å². The number of likely N-dealkylation sites (tertiary alicyclic amines) is 1. The van der Waals surface area contributed by atoms with Crippen LogP contribution in [-0.2, 0) is 11.3 Å². The van der Waals surface area contributed by atoms with Crippen molar-refractivity contribution in [3.8, 4) is 5.69 Å². The van der Waals surface area contributed by atoms with Gasteiger partial charge in [0.15, 0.2) is 0 Å². The highest BCUT2D eigenvalue weighted by Gasteiger charge is 2.19. The second kappa shape index (κ2) is 8.24. The predicted molar refractivity (Wildman–Crippen MR) is 89.5 cm³/mol. The molecule has 0 atom stereocenters. The standard InChI is InChI=1S/C18H25N3O2/c22-12-1-13-23-18-6-9-20(10-7-18)14-16-2-4-17(5-3-16)21-11-8-19-15-21/h2-5,8,11,15,18,22H,1,6-7,9-10,12-14H2. The molecule has 1 aliphatic rings. The molecule has 0 aliphatic carbocycles. The number of imidazole rings is 1. The van der Waals surface area contributed by atoms with Crippen molar-refractivity contribution in [1.82, 2.24) is 14.5 Å². The molecule has 2 aromatic rings. The highest BCUT2D eigenvalue weighted by atomic mass is 16.5. The zero-order valence-corrected chi connectivity index (χ0v) is 13.5. The molecule has 1 N–H and O–H groups in total. The quantitative estimate of drug-likeness (QED) is 0.796. The normalized spacial score (nSPS) is 16.7. The van der Waals surface area contributed by atoms with Crippen LogP contribution in [0.3, 0.4) is 0 Å². The van der Waals surface area contributed by atoms with Gasteiger partial charge in [-0.15, -0.1) is 0 Å². The van der Waals surface area contributed by atoms with Gasteiger partial charge in [0.1, 0.15) is 0 Å². The lowest BCUT2D eigenvalue weighted by molar-refractivity contribution is 0.000786. The molecule has 1 fully saturated rings. The summed E-state index contributed by atoms with van der Waals surface area (Å²) in [7, 11) is 0. The zero-order chi connectivity index (χ0) is 15.9. The number of aliphatic hydroxyl groups excluding tert-OH is 1. The summed E-state index contributed by atoms with van der Waals surface area (Å²) < 4.78 is 7.80. The van der Waals surface area contributed by atoms with Crippen LogP contribution in [0.1, 0.15) is 24.8 Å². The molecular weight excluding hydrogens is 290 g/mol. The van der Waals surface area contributed by atoms with Crippen LogP contribution in [0.4, 0.5) is 0 Å². The smallest absolute Gasteiger partial charge is 0.0991 e. The van der Waals surface area contributed by atoms with E-state index < -0.39 is 0 Å². The van der Waals surface area contributed by atoms with Gasteiger partial charge in [0.05, 0.1) is 12.4 Å². The summed E-state index contributed by atoms with van der Waals surface area (Å²) in [6.07, 6.45) is 8.83. The van der Waals surface area contributed by atoms with Crippen molar-refractivity contribution < 1.29 is 9.84 Å². The van der Waals surface area contributed by atoms with Crippen LogP contribution in [0.2, 0.25) is 0 Å². The van der Waals surface area contributed by atoms with Crippen molar-refractivity contribution in [3.05, 3.63) is 48.5 Å². The highest BCUT2D eigenvalue weighted by molar-refractivity contribution is 5.34. The summed E-state index contributed by atoms with van der Waals surface area (Å²) in [4.78, 5) is 6.56. The predicted octanol–water partition coefficient (Wildman–Crippen LogP) is 2.24. The van der Waals surface area contributed by atoms with E-state index in [2.05, 4.69) is 34.1 Å². The van der Waals surface area contributed by atoms with Gasteiger partial charge in [-0.3, -0.25) is 4.90 Å². The summed E-state index contributed by atoms with van der Waals surface area (Å²) in [5.74, 6) is 0. The van der Waals surface area contributed by atoms with E-state index in [1.807, 2.05) is 17.1 Å². The maximum atomic E-state index is 8.79. The van der Waals surface area contributed by atoms with E-state index in [1.165, 1.54) is 5.56 Å². The Labute approximate surface area is 137 Å². The minimum absolute atomic E-state index is 0.216. The maximum Gasteiger partial charge on any atom is 0.0991 e. The molecule has 0 radical (unpaired) electrons. The van der Waals surface area contributed by atoms with Crippen LogP contribution < -0.4 is 0 Å². The Morgan fingerprint density at radius 2 is 1.96 bits per heavy atom. The van der Waals surface area contributed by atoms with E-state index in [4.69, 9.17) is 9.84 Å². The third kappa shape index (κ3) is 4.64. The number of benzene rings is 1. The van der Waals surface area contributed by atoms with Crippen molar-refractivity contribution >= 4 is 0 Å². The second-order valence-electron chi connectivity index (χ2n) is 6.06. The van der Waals surface area contributed by atoms with Crippen LogP contribution in [0.5, 0.6) is 0 Å². The first-order valence-electron chi connectivity index (χ1n) is 8.37. The Bertz CT molecular complexity index is 560. The molecule has 0 amide bonds. The molecule has 0 unspecified atom stereocenters. The fraction of sp³-hybridized carbons (Fsp3) is 0.500. The number of rotatable bonds is 7. The lowest BCUT2D eigenvalue weighted by Crippen LogP contribution is -2.36. The van der Waals surface area contributed by atoms with Gasteiger partial charge in [0.25, 0.3) is 0 Å². The fourth-order valence-electron chi connectivity index (χ4n) is 2.99. The molecule has 1 aromatic carbocycles. The van der Waals surface area contributed by atoms with Crippen molar-refractivity contribution in [2.24, 2.45) is 0 Å². The molecular formula is C18H25N3O2. The Balaban J connectivity index is 1.45. The molecule has 0 saturated carbocycles. The van der Waals surface area contributed by atoms with Crippen molar-refractivity contribution in [1.29, 1.82) is 0 Å². The van der Waals surface area contributed by atoms with E-state index in [1.54, 1.807) is 6.20 Å². The van der Waals surface area contributed by atoms with E-state index in [0.29, 0.717) is 12.7 Å². The Hall–Kier alpha value is -1.69. The van der Waals surface area contributed by atoms with Crippen LogP contribution in [0, 0.1) is 0 Å². The summed E-state index contributed by atoms with van der Waals surface area (Å²) >= 11 is 0. The van der Waals surface area contributed by atoms with E-state index in [0.717, 1.165) is 44.6 Å². The summed E-state index contributed by atoms with van der Waals surface area (Å²) in [6, 6.07) is 8.67. The van der Waals surface area contributed by atoms with Gasteiger partial charge in [0.2, 0.25) is 0 Å². The van der Waals surface area contributed by atoms with E-state index in [9.17, 15) is 0 Å². The number of nitrogens with zero attached hydrogens (tertiary/aromatic N) is 3. The molecule has 3 rings (SSSR count). The second-order valence-corrected chi connectivity index (χ2v) is 6.06. The third-order valence-electron chi connectivity index (χ3n) is 4.34. The minimum atomic E-state index is 0.216. The first-order valence-corrected chi connectivity index (χ1v) is 8.37. The number of aromatic nitrogens is 2. The molecule has 0 spiro atoms. The van der Waals surface area contributed by atoms with Crippen molar-refractivity contribution in [2.45, 2.75) is 31.9 Å². The fourth-order valence-corrected chi connectivity index (χ4v) is 2.99. The highest BCUT2D eigenvalue weighted by Crippen LogP contribution is 2.17. The molecule has 5 nitrogen and oxygen atoms in total. The lowest BCUT2D eigenvalue weighted by atomic mass is 10.1. The molecule has 124 valence electrons. The summed E-state index contributed by atoms with van der Waals surface area (Å²) in [5.41, 5.74) is 2.48. The van der Waals surface area contributed by atoms with Gasteiger partial charge < -0.3 is 14.4 Å². The average molecular weight is 315 g/mol. The number of hydrogen-bond acceptors (Lipinski definition) is 4. The maximum absolute atomic E-state index is 8.79. The molecule has 5 heteroatoms. The lowest BCUT2D eigenvalue weighted by Gasteiger charge is -2.32. The Morgan fingerprint density at radius 3 is 2.61 bits per heavy atom. The number of aliphatic hydroxyl groups is 1. The first-order chi connectivity index (χ1) is 11.3. The van der Waals surface area contributed by atoms with Gasteiger partial charge in [-0.1, -0.05) is 12.1 Å². The van der Waals surface area contributed by atoms with Crippen molar-refractivity contribution in [3.63, 3.8) is 0 Å². The summed E-state index contributed by atoms with van der Waals surface area (Å²) in [6.45, 7) is 4.04. The van der Waals surface area contributed by atoms with Gasteiger partial charge in [0, 0.05) is 50.9 Å². The number of hydrogen-bond donors (Lipinski definition) is 1. The number of ether oxygens (including phenoxy) is 1. The van der Waals surface area contributed by atoms with Gasteiger partial charge in [-0.2, -0.15) is 0 Å². The molecule has 2 heterocycles. The number of piperidine rings is 1. The molecule has 0 bridgehead atoms. The topological polar surface area (TPSA) is 50.5 Å². The molecule has 23 heavy (non-hydrogen) atoms. The first kappa shape index (κ1) is 16.2. The van der Waals surface area contributed by atoms with Gasteiger partial charge >= 0.3 is 0 Å². The van der Waals surface area contributed by atoms with Crippen LogP contribution in [-0.4, -0.2) is 52.0 Å². The molecule has 1 aromatic heterocycles. The summed E-state index contributed by atoms with van der Waals surface area (Å²) in [5, 5.41) is 8.79. The largest absolute Gasteiger partial charge is 0.396 e. The molecule has 1 aliphatic heterocycles. The monoisotopic (exact) mass is 315 g/mol. The van der Waals surface area contributed by atoms with Gasteiger partial charge in [-0.05, 0) is 37.0 Å². The van der Waals surface area contributed by atoms with Crippen LogP contribution >= 0.6 is 0 Å².